The Hall–Kier alpha value is -1.70. The summed E-state index contributed by atoms with van der Waals surface area (Å²) in [4.78, 5) is 0. The van der Waals surface area contributed by atoms with Crippen LogP contribution >= 0.6 is 0 Å². The van der Waals surface area contributed by atoms with Crippen LogP contribution in [0.3, 0.4) is 0 Å². The maximum atomic E-state index is 12.6. The largest absolute Gasteiger partial charge is 0.488 e. The third-order valence-electron chi connectivity index (χ3n) is 1.84. The molecular weight excluding hydrogens is 231 g/mol. The molecule has 1 aromatic rings. The van der Waals surface area contributed by atoms with Gasteiger partial charge in [-0.15, -0.1) is 0 Å². The smallest absolute Gasteiger partial charge is 0.417 e. The van der Waals surface area contributed by atoms with Crippen molar-refractivity contribution in [2.24, 2.45) is 0 Å². The summed E-state index contributed by atoms with van der Waals surface area (Å²) in [6.45, 7) is 5.20. The Morgan fingerprint density at radius 2 is 1.76 bits per heavy atom. The molecule has 0 N–H and O–H groups in total. The highest BCUT2D eigenvalue weighted by molar-refractivity contribution is 5.44. The molecule has 17 heavy (non-hydrogen) atoms. The van der Waals surface area contributed by atoms with E-state index in [0.717, 1.165) is 12.1 Å². The second-order valence-electron chi connectivity index (χ2n) is 4.53. The fourth-order valence-electron chi connectivity index (χ4n) is 1.27. The Morgan fingerprint density at radius 3 is 2.18 bits per heavy atom. The van der Waals surface area contributed by atoms with Gasteiger partial charge < -0.3 is 4.74 Å². The maximum absolute atomic E-state index is 12.6. The monoisotopic (exact) mass is 243 g/mol. The summed E-state index contributed by atoms with van der Waals surface area (Å²) >= 11 is 0. The van der Waals surface area contributed by atoms with Gasteiger partial charge in [0.05, 0.1) is 17.2 Å². The first-order valence-electron chi connectivity index (χ1n) is 4.94. The summed E-state index contributed by atoms with van der Waals surface area (Å²) in [5.41, 5.74) is -1.96. The topological polar surface area (TPSA) is 33.0 Å². The Morgan fingerprint density at radius 1 is 1.18 bits per heavy atom. The first-order chi connectivity index (χ1) is 7.63. The molecule has 0 fully saturated rings. The van der Waals surface area contributed by atoms with E-state index in [9.17, 15) is 13.2 Å². The number of nitriles is 1. The van der Waals surface area contributed by atoms with Crippen LogP contribution in [0, 0.1) is 11.3 Å². The number of ether oxygens (including phenoxy) is 1. The first kappa shape index (κ1) is 13.4. The number of hydrogen-bond acceptors (Lipinski definition) is 2. The average molecular weight is 243 g/mol. The molecule has 92 valence electrons. The zero-order valence-electron chi connectivity index (χ0n) is 9.72. The van der Waals surface area contributed by atoms with Crippen LogP contribution in [0.5, 0.6) is 5.75 Å². The van der Waals surface area contributed by atoms with Gasteiger partial charge in [0.15, 0.2) is 0 Å². The Balaban J connectivity index is 3.20. The number of alkyl halides is 3. The van der Waals surface area contributed by atoms with Crippen LogP contribution in [0.15, 0.2) is 18.2 Å². The van der Waals surface area contributed by atoms with Crippen molar-refractivity contribution >= 4 is 0 Å². The fraction of sp³-hybridized carbons (Fsp3) is 0.417. The van der Waals surface area contributed by atoms with E-state index in [0.29, 0.717) is 0 Å². The standard InChI is InChI=1S/C12H12F3NO/c1-11(2,3)17-9-5-4-8(7-16)10(6-9)12(13,14)15/h4-6H,1-3H3. The van der Waals surface area contributed by atoms with Crippen molar-refractivity contribution in [1.29, 1.82) is 5.26 Å². The predicted molar refractivity (Wildman–Crippen MR) is 56.5 cm³/mol. The molecule has 0 heterocycles. The van der Waals surface area contributed by atoms with Gasteiger partial charge in [-0.2, -0.15) is 18.4 Å². The maximum Gasteiger partial charge on any atom is 0.417 e. The van der Waals surface area contributed by atoms with Gasteiger partial charge in [0, 0.05) is 0 Å². The third-order valence-corrected chi connectivity index (χ3v) is 1.84. The molecular formula is C12H12F3NO. The number of benzene rings is 1. The van der Waals surface area contributed by atoms with Crippen molar-refractivity contribution < 1.29 is 17.9 Å². The molecule has 0 spiro atoms. The highest BCUT2D eigenvalue weighted by Crippen LogP contribution is 2.34. The average Bonchev–Trinajstić information content (AvgIpc) is 2.13. The number of halogens is 3. The minimum absolute atomic E-state index is 0.101. The van der Waals surface area contributed by atoms with Crippen LogP contribution in [0.25, 0.3) is 0 Å². The Labute approximate surface area is 97.6 Å². The van der Waals surface area contributed by atoms with Crippen LogP contribution in [-0.4, -0.2) is 5.60 Å². The van der Waals surface area contributed by atoms with Gasteiger partial charge in [0.25, 0.3) is 0 Å². The summed E-state index contributed by atoms with van der Waals surface area (Å²) in [5, 5.41) is 8.61. The molecule has 0 radical (unpaired) electrons. The lowest BCUT2D eigenvalue weighted by Crippen LogP contribution is -2.23. The Kier molecular flexibility index (Phi) is 3.37. The van der Waals surface area contributed by atoms with E-state index < -0.39 is 22.9 Å². The summed E-state index contributed by atoms with van der Waals surface area (Å²) in [5.74, 6) is 0.101. The lowest BCUT2D eigenvalue weighted by Gasteiger charge is -2.22. The van der Waals surface area contributed by atoms with Gasteiger partial charge in [0.2, 0.25) is 0 Å². The van der Waals surface area contributed by atoms with Crippen LogP contribution in [0.2, 0.25) is 0 Å². The second-order valence-corrected chi connectivity index (χ2v) is 4.53. The quantitative estimate of drug-likeness (QED) is 0.752. The van der Waals surface area contributed by atoms with E-state index in [2.05, 4.69) is 0 Å². The van der Waals surface area contributed by atoms with Crippen molar-refractivity contribution in [2.45, 2.75) is 32.5 Å². The molecule has 0 saturated heterocycles. The number of hydrogen-bond donors (Lipinski definition) is 0. The van der Waals surface area contributed by atoms with E-state index in [4.69, 9.17) is 10.00 Å². The number of nitrogens with zero attached hydrogens (tertiary/aromatic N) is 1. The SMILES string of the molecule is CC(C)(C)Oc1ccc(C#N)c(C(F)(F)F)c1. The van der Waals surface area contributed by atoms with Crippen molar-refractivity contribution in [1.82, 2.24) is 0 Å². The molecule has 0 unspecified atom stereocenters. The van der Waals surface area contributed by atoms with Crippen molar-refractivity contribution in [2.75, 3.05) is 0 Å². The second kappa shape index (κ2) is 4.28. The van der Waals surface area contributed by atoms with E-state index >= 15 is 0 Å². The van der Waals surface area contributed by atoms with Gasteiger partial charge >= 0.3 is 6.18 Å². The van der Waals surface area contributed by atoms with Gasteiger partial charge in [-0.3, -0.25) is 0 Å². The molecule has 0 bridgehead atoms. The van der Waals surface area contributed by atoms with E-state index in [1.54, 1.807) is 20.8 Å². The summed E-state index contributed by atoms with van der Waals surface area (Å²) in [7, 11) is 0. The lowest BCUT2D eigenvalue weighted by molar-refractivity contribution is -0.138. The molecule has 0 amide bonds. The van der Waals surface area contributed by atoms with Gasteiger partial charge in [-0.05, 0) is 39.0 Å². The molecule has 0 atom stereocenters. The van der Waals surface area contributed by atoms with Gasteiger partial charge in [-0.1, -0.05) is 0 Å². The zero-order chi connectivity index (χ0) is 13.3. The fourth-order valence-corrected chi connectivity index (χ4v) is 1.27. The summed E-state index contributed by atoms with van der Waals surface area (Å²) < 4.78 is 43.3. The molecule has 0 aromatic heterocycles. The van der Waals surface area contributed by atoms with Crippen molar-refractivity contribution in [3.63, 3.8) is 0 Å². The third kappa shape index (κ3) is 3.66. The van der Waals surface area contributed by atoms with Crippen molar-refractivity contribution in [3.8, 4) is 11.8 Å². The minimum atomic E-state index is -4.55. The highest BCUT2D eigenvalue weighted by atomic mass is 19.4. The normalized spacial score (nSPS) is 12.1. The molecule has 0 aliphatic rings. The Bertz CT molecular complexity index is 452. The van der Waals surface area contributed by atoms with Crippen LogP contribution in [0.4, 0.5) is 13.2 Å². The van der Waals surface area contributed by atoms with Gasteiger partial charge in [-0.25, -0.2) is 0 Å². The predicted octanol–water partition coefficient (Wildman–Crippen LogP) is 3.75. The molecule has 0 aliphatic carbocycles. The minimum Gasteiger partial charge on any atom is -0.488 e. The van der Waals surface area contributed by atoms with Crippen LogP contribution < -0.4 is 4.74 Å². The van der Waals surface area contributed by atoms with E-state index in [-0.39, 0.29) is 5.75 Å². The van der Waals surface area contributed by atoms with Crippen LogP contribution in [0.1, 0.15) is 31.9 Å². The zero-order valence-corrected chi connectivity index (χ0v) is 9.72. The molecule has 2 nitrogen and oxygen atoms in total. The summed E-state index contributed by atoms with van der Waals surface area (Å²) in [6.07, 6.45) is -4.55. The molecule has 1 rings (SSSR count). The van der Waals surface area contributed by atoms with Crippen LogP contribution in [-0.2, 0) is 6.18 Å². The molecule has 5 heteroatoms. The first-order valence-corrected chi connectivity index (χ1v) is 4.94. The number of rotatable bonds is 1. The summed E-state index contributed by atoms with van der Waals surface area (Å²) in [6, 6.07) is 4.84. The van der Waals surface area contributed by atoms with E-state index in [1.165, 1.54) is 12.1 Å². The molecule has 0 aliphatic heterocycles. The molecule has 0 saturated carbocycles. The van der Waals surface area contributed by atoms with Gasteiger partial charge in [0.1, 0.15) is 11.4 Å². The lowest BCUT2D eigenvalue weighted by atomic mass is 10.1. The van der Waals surface area contributed by atoms with E-state index in [1.807, 2.05) is 0 Å². The highest BCUT2D eigenvalue weighted by Gasteiger charge is 2.34. The molecule has 1 aromatic carbocycles. The van der Waals surface area contributed by atoms with Crippen molar-refractivity contribution in [3.05, 3.63) is 29.3 Å².